The number of unbranched alkanes of at least 4 members (excludes halogenated alkanes) is 1. The predicted octanol–water partition coefficient (Wildman–Crippen LogP) is 3.67. The molecule has 26 heavy (non-hydrogen) atoms. The van der Waals surface area contributed by atoms with Crippen LogP contribution < -0.4 is 10.7 Å². The maximum atomic E-state index is 11.8. The Balaban J connectivity index is 1.55. The normalized spacial score (nSPS) is 10.7. The van der Waals surface area contributed by atoms with Crippen molar-refractivity contribution < 1.29 is 9.59 Å². The van der Waals surface area contributed by atoms with Crippen molar-refractivity contribution in [2.24, 2.45) is 5.10 Å². The van der Waals surface area contributed by atoms with Crippen molar-refractivity contribution >= 4 is 29.6 Å². The van der Waals surface area contributed by atoms with Gasteiger partial charge in [0.1, 0.15) is 0 Å². The third-order valence-electron chi connectivity index (χ3n) is 3.66. The van der Waals surface area contributed by atoms with Gasteiger partial charge in [-0.1, -0.05) is 54.1 Å². The highest BCUT2D eigenvalue weighted by molar-refractivity contribution is 6.30. The lowest BCUT2D eigenvalue weighted by Gasteiger charge is -2.05. The molecule has 0 fully saturated rings. The van der Waals surface area contributed by atoms with Gasteiger partial charge in [-0.25, -0.2) is 5.43 Å². The van der Waals surface area contributed by atoms with E-state index in [1.54, 1.807) is 18.3 Å². The molecule has 0 aliphatic rings. The summed E-state index contributed by atoms with van der Waals surface area (Å²) in [6.45, 7) is 0.527. The van der Waals surface area contributed by atoms with Crippen LogP contribution in [0.4, 0.5) is 0 Å². The number of amides is 2. The first-order valence-corrected chi connectivity index (χ1v) is 8.89. The molecule has 0 aromatic heterocycles. The molecule has 2 N–H and O–H groups in total. The van der Waals surface area contributed by atoms with Gasteiger partial charge in [-0.05, 0) is 36.1 Å². The summed E-state index contributed by atoms with van der Waals surface area (Å²) in [7, 11) is 0. The van der Waals surface area contributed by atoms with Gasteiger partial charge in [0, 0.05) is 24.4 Å². The molecule has 0 heterocycles. The smallest absolute Gasteiger partial charge is 0.240 e. The number of hydrogen-bond acceptors (Lipinski definition) is 3. The van der Waals surface area contributed by atoms with E-state index in [1.165, 1.54) is 0 Å². The van der Waals surface area contributed by atoms with Gasteiger partial charge in [-0.3, -0.25) is 9.59 Å². The number of hydrazone groups is 1. The zero-order valence-corrected chi connectivity index (χ0v) is 15.2. The van der Waals surface area contributed by atoms with Crippen molar-refractivity contribution in [1.29, 1.82) is 0 Å². The predicted molar refractivity (Wildman–Crippen MR) is 104 cm³/mol. The highest BCUT2D eigenvalue weighted by Crippen LogP contribution is 2.07. The largest absolute Gasteiger partial charge is 0.352 e. The van der Waals surface area contributed by atoms with Crippen LogP contribution in [0.2, 0.25) is 5.02 Å². The van der Waals surface area contributed by atoms with Crippen molar-refractivity contribution in [3.05, 3.63) is 70.7 Å². The van der Waals surface area contributed by atoms with E-state index in [1.807, 2.05) is 42.5 Å². The Morgan fingerprint density at radius 3 is 2.27 bits per heavy atom. The summed E-state index contributed by atoms with van der Waals surface area (Å²) in [5, 5.41) is 7.42. The number of rotatable bonds is 9. The van der Waals surface area contributed by atoms with Gasteiger partial charge in [0.15, 0.2) is 0 Å². The summed E-state index contributed by atoms with van der Waals surface area (Å²) < 4.78 is 0. The van der Waals surface area contributed by atoms with E-state index in [-0.39, 0.29) is 11.8 Å². The molecule has 0 unspecified atom stereocenters. The lowest BCUT2D eigenvalue weighted by atomic mass is 10.1. The van der Waals surface area contributed by atoms with Crippen LogP contribution >= 0.6 is 11.6 Å². The minimum Gasteiger partial charge on any atom is -0.352 e. The topological polar surface area (TPSA) is 70.6 Å². The number of nitrogens with one attached hydrogen (secondary N) is 2. The van der Waals surface area contributed by atoms with Crippen LogP contribution in [0, 0.1) is 0 Å². The van der Waals surface area contributed by atoms with Gasteiger partial charge >= 0.3 is 0 Å². The molecular weight excluding hydrogens is 350 g/mol. The van der Waals surface area contributed by atoms with E-state index >= 15 is 0 Å². The quantitative estimate of drug-likeness (QED) is 0.401. The second-order valence-corrected chi connectivity index (χ2v) is 6.25. The second-order valence-electron chi connectivity index (χ2n) is 5.81. The van der Waals surface area contributed by atoms with Crippen LogP contribution in [0.25, 0.3) is 0 Å². The molecule has 0 aliphatic carbocycles. The van der Waals surface area contributed by atoms with E-state index in [0.717, 1.165) is 11.1 Å². The maximum absolute atomic E-state index is 11.8. The number of halogens is 1. The lowest BCUT2D eigenvalue weighted by molar-refractivity contribution is -0.123. The van der Waals surface area contributed by atoms with Gasteiger partial charge in [-0.2, -0.15) is 5.10 Å². The zero-order valence-electron chi connectivity index (χ0n) is 14.5. The fraction of sp³-hybridized carbons (Fsp3) is 0.250. The van der Waals surface area contributed by atoms with Crippen LogP contribution in [0.15, 0.2) is 59.7 Å². The fourth-order valence-electron chi connectivity index (χ4n) is 2.24. The zero-order chi connectivity index (χ0) is 18.6. The lowest BCUT2D eigenvalue weighted by Crippen LogP contribution is -2.22. The third-order valence-corrected chi connectivity index (χ3v) is 3.92. The van der Waals surface area contributed by atoms with Crippen molar-refractivity contribution in [3.8, 4) is 0 Å². The molecule has 0 radical (unpaired) electrons. The van der Waals surface area contributed by atoms with Crippen LogP contribution in [0.3, 0.4) is 0 Å². The molecule has 0 atom stereocenters. The van der Waals surface area contributed by atoms with Gasteiger partial charge in [0.2, 0.25) is 11.8 Å². The van der Waals surface area contributed by atoms with Gasteiger partial charge in [0.25, 0.3) is 0 Å². The highest BCUT2D eigenvalue weighted by Gasteiger charge is 2.03. The molecule has 0 spiro atoms. The first-order chi connectivity index (χ1) is 12.6. The Kier molecular flexibility index (Phi) is 8.36. The molecule has 2 amide bonds. The van der Waals surface area contributed by atoms with E-state index in [4.69, 9.17) is 11.6 Å². The molecule has 2 aromatic carbocycles. The van der Waals surface area contributed by atoms with Gasteiger partial charge in [-0.15, -0.1) is 0 Å². The molecule has 0 saturated heterocycles. The highest BCUT2D eigenvalue weighted by atomic mass is 35.5. The third kappa shape index (κ3) is 7.94. The van der Waals surface area contributed by atoms with Crippen molar-refractivity contribution in [3.63, 3.8) is 0 Å². The average Bonchev–Trinajstić information content (AvgIpc) is 2.66. The summed E-state index contributed by atoms with van der Waals surface area (Å²) in [5.41, 5.74) is 4.40. The Bertz CT molecular complexity index is 730. The number of carbonyl (C=O) groups excluding carboxylic acids is 2. The van der Waals surface area contributed by atoms with Crippen molar-refractivity contribution in [1.82, 2.24) is 10.7 Å². The van der Waals surface area contributed by atoms with Crippen LogP contribution in [-0.4, -0.2) is 18.0 Å². The number of carbonyl (C=O) groups is 2. The maximum Gasteiger partial charge on any atom is 0.240 e. The monoisotopic (exact) mass is 371 g/mol. The van der Waals surface area contributed by atoms with Gasteiger partial charge in [0.05, 0.1) is 6.21 Å². The minimum absolute atomic E-state index is 0.00461. The van der Waals surface area contributed by atoms with Crippen molar-refractivity contribution in [2.75, 3.05) is 0 Å². The minimum atomic E-state index is -0.167. The summed E-state index contributed by atoms with van der Waals surface area (Å²) in [5.74, 6) is -0.171. The summed E-state index contributed by atoms with van der Waals surface area (Å²) in [6.07, 6.45) is 3.61. The SMILES string of the molecule is O=C(CCCCC(=O)NN=Cc1ccc(Cl)cc1)NCc1ccccc1. The fourth-order valence-corrected chi connectivity index (χ4v) is 2.37. The molecular formula is C20H22ClN3O2. The number of benzene rings is 2. The first-order valence-electron chi connectivity index (χ1n) is 8.51. The van der Waals surface area contributed by atoms with E-state index in [0.29, 0.717) is 37.3 Å². The molecule has 2 aromatic rings. The molecule has 0 bridgehead atoms. The van der Waals surface area contributed by atoms with E-state index in [2.05, 4.69) is 15.8 Å². The van der Waals surface area contributed by atoms with Crippen LogP contribution in [-0.2, 0) is 16.1 Å². The summed E-state index contributed by atoms with van der Waals surface area (Å²) in [4.78, 5) is 23.5. The summed E-state index contributed by atoms with van der Waals surface area (Å²) >= 11 is 5.80. The van der Waals surface area contributed by atoms with E-state index in [9.17, 15) is 9.59 Å². The summed E-state index contributed by atoms with van der Waals surface area (Å²) in [6, 6.07) is 16.9. The Labute approximate surface area is 158 Å². The molecule has 0 saturated carbocycles. The van der Waals surface area contributed by atoms with E-state index < -0.39 is 0 Å². The Morgan fingerprint density at radius 1 is 0.923 bits per heavy atom. The average molecular weight is 372 g/mol. The van der Waals surface area contributed by atoms with Crippen LogP contribution in [0.5, 0.6) is 0 Å². The molecule has 5 nitrogen and oxygen atoms in total. The first kappa shape index (κ1) is 19.7. The molecule has 0 aliphatic heterocycles. The van der Waals surface area contributed by atoms with Gasteiger partial charge < -0.3 is 5.32 Å². The molecule has 6 heteroatoms. The number of hydrogen-bond donors (Lipinski definition) is 2. The van der Waals surface area contributed by atoms with Crippen LogP contribution in [0.1, 0.15) is 36.8 Å². The molecule has 2 rings (SSSR count). The second kappa shape index (κ2) is 11.1. The Hall–Kier alpha value is -2.66. The standard InChI is InChI=1S/C20H22ClN3O2/c21-18-12-10-17(11-13-18)15-23-24-20(26)9-5-4-8-19(25)22-14-16-6-2-1-3-7-16/h1-3,6-7,10-13,15H,4-5,8-9,14H2,(H,22,25)(H,24,26). The number of nitrogens with zero attached hydrogens (tertiary/aromatic N) is 1. The van der Waals surface area contributed by atoms with Crippen molar-refractivity contribution in [2.45, 2.75) is 32.2 Å². The molecule has 136 valence electrons. The Morgan fingerprint density at radius 2 is 1.58 bits per heavy atom.